The number of halogens is 1. The molecule has 0 aromatic rings. The van der Waals surface area contributed by atoms with E-state index >= 15 is 0 Å². The topological polar surface area (TPSA) is 55.6 Å². The van der Waals surface area contributed by atoms with Gasteiger partial charge in [-0.3, -0.25) is 4.79 Å². The molecule has 21 heavy (non-hydrogen) atoms. The first kappa shape index (κ1) is 18.7. The monoisotopic (exact) mass is 318 g/mol. The van der Waals surface area contributed by atoms with Gasteiger partial charge in [-0.2, -0.15) is 0 Å². The summed E-state index contributed by atoms with van der Waals surface area (Å²) in [7, 11) is 0. The van der Waals surface area contributed by atoms with Gasteiger partial charge in [-0.1, -0.05) is 26.7 Å². The molecule has 124 valence electrons. The lowest BCUT2D eigenvalue weighted by atomic mass is 9.88. The molecule has 5 heteroatoms. The van der Waals surface area contributed by atoms with Crippen molar-refractivity contribution in [3.63, 3.8) is 0 Å². The predicted octanol–water partition coefficient (Wildman–Crippen LogP) is 2.73. The highest BCUT2D eigenvalue weighted by Gasteiger charge is 2.30. The van der Waals surface area contributed by atoms with E-state index in [0.29, 0.717) is 0 Å². The second-order valence-electron chi connectivity index (χ2n) is 6.59. The number of hydrogen-bond donors (Lipinski definition) is 1. The third kappa shape index (κ3) is 5.42. The zero-order valence-corrected chi connectivity index (χ0v) is 14.2. The molecule has 2 aliphatic rings. The van der Waals surface area contributed by atoms with Crippen LogP contribution in [0.3, 0.4) is 0 Å². The van der Waals surface area contributed by atoms with Crippen molar-refractivity contribution in [3.05, 3.63) is 0 Å². The number of carbonyl (C=O) groups is 1. The molecule has 1 saturated heterocycles. The second kappa shape index (κ2) is 8.96. The van der Waals surface area contributed by atoms with Crippen LogP contribution in [0.4, 0.5) is 0 Å². The molecule has 0 spiro atoms. The van der Waals surface area contributed by atoms with Gasteiger partial charge in [0.15, 0.2) is 0 Å². The molecule has 2 fully saturated rings. The number of ether oxygens (including phenoxy) is 1. The summed E-state index contributed by atoms with van der Waals surface area (Å²) in [6.45, 7) is 5.91. The van der Waals surface area contributed by atoms with Crippen molar-refractivity contribution < 1.29 is 9.53 Å². The van der Waals surface area contributed by atoms with Crippen molar-refractivity contribution in [2.75, 3.05) is 13.1 Å². The Balaban J connectivity index is 0.00000220. The zero-order chi connectivity index (χ0) is 14.5. The molecule has 1 amide bonds. The molecule has 2 N–H and O–H groups in total. The Kier molecular flexibility index (Phi) is 7.99. The van der Waals surface area contributed by atoms with Crippen molar-refractivity contribution in [1.82, 2.24) is 4.90 Å². The normalized spacial score (nSPS) is 28.8. The van der Waals surface area contributed by atoms with Gasteiger partial charge in [-0.25, -0.2) is 0 Å². The van der Waals surface area contributed by atoms with E-state index in [-0.39, 0.29) is 36.6 Å². The number of piperidine rings is 1. The highest BCUT2D eigenvalue weighted by atomic mass is 35.5. The number of amides is 1. The summed E-state index contributed by atoms with van der Waals surface area (Å²) in [4.78, 5) is 14.5. The van der Waals surface area contributed by atoms with E-state index in [9.17, 15) is 4.79 Å². The van der Waals surface area contributed by atoms with E-state index in [2.05, 4.69) is 6.92 Å². The molecular formula is C16H31ClN2O2. The first-order valence-electron chi connectivity index (χ1n) is 8.30. The van der Waals surface area contributed by atoms with E-state index in [1.54, 1.807) is 0 Å². The second-order valence-corrected chi connectivity index (χ2v) is 6.59. The summed E-state index contributed by atoms with van der Waals surface area (Å²) in [6, 6.07) is 0.263. The average molecular weight is 319 g/mol. The lowest BCUT2D eigenvalue weighted by Gasteiger charge is -2.35. The molecule has 1 aliphatic carbocycles. The minimum absolute atomic E-state index is 0. The summed E-state index contributed by atoms with van der Waals surface area (Å²) >= 11 is 0. The molecule has 0 bridgehead atoms. The SMILES string of the molecule is CCC(OC1CCCC(C)C1)C(=O)N1CCC(N)CC1.Cl. The smallest absolute Gasteiger partial charge is 0.251 e. The van der Waals surface area contributed by atoms with Crippen molar-refractivity contribution in [2.45, 2.75) is 77.0 Å². The molecule has 0 radical (unpaired) electrons. The number of hydrogen-bond acceptors (Lipinski definition) is 3. The zero-order valence-electron chi connectivity index (χ0n) is 13.4. The van der Waals surface area contributed by atoms with E-state index < -0.39 is 0 Å². The first-order valence-corrected chi connectivity index (χ1v) is 8.30. The van der Waals surface area contributed by atoms with Crippen LogP contribution in [0, 0.1) is 5.92 Å². The van der Waals surface area contributed by atoms with Crippen LogP contribution in [0.2, 0.25) is 0 Å². The molecule has 2 rings (SSSR count). The van der Waals surface area contributed by atoms with Crippen LogP contribution < -0.4 is 5.73 Å². The summed E-state index contributed by atoms with van der Waals surface area (Å²) in [5.74, 6) is 0.909. The lowest BCUT2D eigenvalue weighted by molar-refractivity contribution is -0.150. The number of likely N-dealkylation sites (tertiary alicyclic amines) is 1. The van der Waals surface area contributed by atoms with Gasteiger partial charge in [0.2, 0.25) is 0 Å². The molecule has 3 atom stereocenters. The van der Waals surface area contributed by atoms with E-state index in [4.69, 9.17) is 10.5 Å². The number of rotatable bonds is 4. The van der Waals surface area contributed by atoms with Crippen LogP contribution in [0.5, 0.6) is 0 Å². The van der Waals surface area contributed by atoms with Crippen molar-refractivity contribution in [1.29, 1.82) is 0 Å². The van der Waals surface area contributed by atoms with Crippen LogP contribution >= 0.6 is 12.4 Å². The van der Waals surface area contributed by atoms with Crippen LogP contribution in [0.15, 0.2) is 0 Å². The number of carbonyl (C=O) groups excluding carboxylic acids is 1. The number of nitrogens with two attached hydrogens (primary N) is 1. The fourth-order valence-corrected chi connectivity index (χ4v) is 3.39. The minimum atomic E-state index is -0.250. The maximum absolute atomic E-state index is 12.6. The van der Waals surface area contributed by atoms with Crippen molar-refractivity contribution in [3.8, 4) is 0 Å². The molecule has 1 saturated carbocycles. The van der Waals surface area contributed by atoms with Gasteiger partial charge in [0.05, 0.1) is 6.10 Å². The lowest BCUT2D eigenvalue weighted by Crippen LogP contribution is -2.48. The molecule has 3 unspecified atom stereocenters. The standard InChI is InChI=1S/C16H30N2O2.ClH/c1-3-15(20-14-6-4-5-12(2)11-14)16(19)18-9-7-13(17)8-10-18;/h12-15H,3-11,17H2,1-2H3;1H. The van der Waals surface area contributed by atoms with Crippen molar-refractivity contribution in [2.24, 2.45) is 11.7 Å². The third-order valence-electron chi connectivity index (χ3n) is 4.74. The Morgan fingerprint density at radius 2 is 1.95 bits per heavy atom. The van der Waals surface area contributed by atoms with Gasteiger partial charge >= 0.3 is 0 Å². The van der Waals surface area contributed by atoms with Crippen LogP contribution in [-0.4, -0.2) is 42.1 Å². The Morgan fingerprint density at radius 3 is 2.52 bits per heavy atom. The fraction of sp³-hybridized carbons (Fsp3) is 0.938. The predicted molar refractivity (Wildman–Crippen MR) is 87.6 cm³/mol. The quantitative estimate of drug-likeness (QED) is 0.867. The maximum Gasteiger partial charge on any atom is 0.251 e. The van der Waals surface area contributed by atoms with E-state index in [1.165, 1.54) is 12.8 Å². The Labute approximate surface area is 135 Å². The van der Waals surface area contributed by atoms with Gasteiger partial charge in [0, 0.05) is 19.1 Å². The van der Waals surface area contributed by atoms with Gasteiger partial charge in [-0.05, 0) is 38.0 Å². The minimum Gasteiger partial charge on any atom is -0.365 e. The largest absolute Gasteiger partial charge is 0.365 e. The third-order valence-corrected chi connectivity index (χ3v) is 4.74. The van der Waals surface area contributed by atoms with Crippen molar-refractivity contribution >= 4 is 18.3 Å². The van der Waals surface area contributed by atoms with Crippen LogP contribution in [0.1, 0.15) is 58.8 Å². The van der Waals surface area contributed by atoms with Crippen LogP contribution in [0.25, 0.3) is 0 Å². The van der Waals surface area contributed by atoms with E-state index in [0.717, 1.165) is 51.1 Å². The Bertz CT molecular complexity index is 319. The summed E-state index contributed by atoms with van der Waals surface area (Å²) < 4.78 is 6.13. The maximum atomic E-state index is 12.6. The average Bonchev–Trinajstić information content (AvgIpc) is 2.45. The van der Waals surface area contributed by atoms with E-state index in [1.807, 2.05) is 11.8 Å². The van der Waals surface area contributed by atoms with Gasteiger partial charge in [0.1, 0.15) is 6.10 Å². The molecule has 1 heterocycles. The molecule has 0 aromatic carbocycles. The first-order chi connectivity index (χ1) is 9.60. The molecule has 0 aromatic heterocycles. The summed E-state index contributed by atoms with van der Waals surface area (Å²) in [5.41, 5.74) is 5.90. The Morgan fingerprint density at radius 1 is 1.29 bits per heavy atom. The highest BCUT2D eigenvalue weighted by molar-refractivity contribution is 5.85. The molecule has 4 nitrogen and oxygen atoms in total. The van der Waals surface area contributed by atoms with Gasteiger partial charge < -0.3 is 15.4 Å². The van der Waals surface area contributed by atoms with Gasteiger partial charge in [-0.15, -0.1) is 12.4 Å². The number of nitrogens with zero attached hydrogens (tertiary/aromatic N) is 1. The Hall–Kier alpha value is -0.320. The van der Waals surface area contributed by atoms with Crippen LogP contribution in [-0.2, 0) is 9.53 Å². The summed E-state index contributed by atoms with van der Waals surface area (Å²) in [6.07, 6.45) is 7.38. The van der Waals surface area contributed by atoms with Gasteiger partial charge in [0.25, 0.3) is 5.91 Å². The molecule has 1 aliphatic heterocycles. The fourth-order valence-electron chi connectivity index (χ4n) is 3.39. The highest BCUT2D eigenvalue weighted by Crippen LogP contribution is 2.27. The molecular weight excluding hydrogens is 288 g/mol. The summed E-state index contributed by atoms with van der Waals surface area (Å²) in [5, 5.41) is 0.